The van der Waals surface area contributed by atoms with E-state index in [4.69, 9.17) is 9.88 Å². The van der Waals surface area contributed by atoms with Gasteiger partial charge in [-0.15, -0.1) is 0 Å². The van der Waals surface area contributed by atoms with Crippen LogP contribution in [0.25, 0.3) is 0 Å². The number of nitrogens with zero attached hydrogens (tertiary/aromatic N) is 2. The van der Waals surface area contributed by atoms with E-state index in [-0.39, 0.29) is 22.3 Å². The van der Waals surface area contributed by atoms with Gasteiger partial charge in [-0.05, 0) is 59.1 Å². The van der Waals surface area contributed by atoms with Crippen LogP contribution in [-0.2, 0) is 19.6 Å². The summed E-state index contributed by atoms with van der Waals surface area (Å²) in [6.07, 6.45) is 3.00. The van der Waals surface area contributed by atoms with Crippen molar-refractivity contribution in [2.24, 2.45) is 11.1 Å². The van der Waals surface area contributed by atoms with Crippen molar-refractivity contribution in [3.8, 4) is 0 Å². The first kappa shape index (κ1) is 22.2. The van der Waals surface area contributed by atoms with Gasteiger partial charge in [-0.1, -0.05) is 0 Å². The van der Waals surface area contributed by atoms with Crippen molar-refractivity contribution < 1.29 is 22.7 Å². The minimum absolute atomic E-state index is 0.0830. The summed E-state index contributed by atoms with van der Waals surface area (Å²) in [5.41, 5.74) is 0.577. The Bertz CT molecular complexity index is 1060. The summed E-state index contributed by atoms with van der Waals surface area (Å²) in [5, 5.41) is 7.99. The average molecular weight is 497 g/mol. The summed E-state index contributed by atoms with van der Waals surface area (Å²) >= 11 is 3.30. The summed E-state index contributed by atoms with van der Waals surface area (Å²) in [4.78, 5) is 30.8. The smallest absolute Gasteiger partial charge is 0.340 e. The number of hydrogen-bond acceptors (Lipinski definition) is 7. The fourth-order valence-electron chi connectivity index (χ4n) is 3.33. The van der Waals surface area contributed by atoms with Gasteiger partial charge in [-0.2, -0.15) is 0 Å². The van der Waals surface area contributed by atoms with Gasteiger partial charge in [0.2, 0.25) is 15.9 Å². The van der Waals surface area contributed by atoms with E-state index in [2.05, 4.69) is 26.2 Å². The quantitative estimate of drug-likeness (QED) is 0.605. The van der Waals surface area contributed by atoms with Gasteiger partial charge < -0.3 is 15.0 Å². The number of carbonyl (C=O) groups is 2. The number of benzene rings is 1. The Labute approximate surface area is 182 Å². The number of methoxy groups -OCH3 is 1. The molecule has 0 saturated carbocycles. The Morgan fingerprint density at radius 1 is 1.30 bits per heavy atom. The van der Waals surface area contributed by atoms with E-state index in [1.165, 1.54) is 25.3 Å². The van der Waals surface area contributed by atoms with Crippen molar-refractivity contribution in [1.82, 2.24) is 4.98 Å². The number of pyridine rings is 1. The minimum Gasteiger partial charge on any atom is -0.465 e. The summed E-state index contributed by atoms with van der Waals surface area (Å²) in [7, 11) is -2.76. The lowest BCUT2D eigenvalue weighted by molar-refractivity contribution is -0.120. The third kappa shape index (κ3) is 5.15. The molecule has 1 atom stereocenters. The van der Waals surface area contributed by atoms with E-state index in [1.54, 1.807) is 18.3 Å². The molecule has 1 aromatic heterocycles. The van der Waals surface area contributed by atoms with Crippen LogP contribution in [0.2, 0.25) is 0 Å². The summed E-state index contributed by atoms with van der Waals surface area (Å²) < 4.78 is 29.0. The standard InChI is InChI=1S/C19H21BrN4O5S/c1-29-19(26)15-9-14(30(21,27)28)5-6-16(15)24-8-2-3-12(11-24)18(25)23-17-7-4-13(20)10-22-17/h4-7,9-10,12H,2-3,8,11H2,1H3,(H2,21,27,28)(H,22,23,25). The largest absolute Gasteiger partial charge is 0.465 e. The van der Waals surface area contributed by atoms with Gasteiger partial charge in [0.1, 0.15) is 5.82 Å². The van der Waals surface area contributed by atoms with E-state index in [0.717, 1.165) is 10.9 Å². The normalized spacial score (nSPS) is 16.8. The number of nitrogens with one attached hydrogen (secondary N) is 1. The number of ether oxygens (including phenoxy) is 1. The van der Waals surface area contributed by atoms with Crippen LogP contribution in [0, 0.1) is 5.92 Å². The minimum atomic E-state index is -3.98. The van der Waals surface area contributed by atoms with Gasteiger partial charge in [0, 0.05) is 23.8 Å². The topological polar surface area (TPSA) is 132 Å². The molecule has 2 aromatic rings. The zero-order valence-corrected chi connectivity index (χ0v) is 18.6. The first-order chi connectivity index (χ1) is 14.2. The van der Waals surface area contributed by atoms with Crippen LogP contribution in [-0.4, -0.2) is 45.5 Å². The molecule has 0 bridgehead atoms. The lowest BCUT2D eigenvalue weighted by Crippen LogP contribution is -2.41. The van der Waals surface area contributed by atoms with Crippen molar-refractivity contribution in [2.45, 2.75) is 17.7 Å². The lowest BCUT2D eigenvalue weighted by atomic mass is 9.96. The molecule has 1 aliphatic rings. The number of aromatic nitrogens is 1. The second-order valence-electron chi connectivity index (χ2n) is 6.85. The number of piperidine rings is 1. The van der Waals surface area contributed by atoms with E-state index < -0.39 is 16.0 Å². The van der Waals surface area contributed by atoms with Gasteiger partial charge in [0.25, 0.3) is 0 Å². The van der Waals surface area contributed by atoms with Gasteiger partial charge in [0.15, 0.2) is 0 Å². The third-order valence-corrected chi connectivity index (χ3v) is 6.19. The van der Waals surface area contributed by atoms with Crippen molar-refractivity contribution in [3.63, 3.8) is 0 Å². The Hall–Kier alpha value is -2.50. The number of amides is 1. The van der Waals surface area contributed by atoms with E-state index in [9.17, 15) is 18.0 Å². The molecule has 1 amide bonds. The molecule has 2 heterocycles. The highest BCUT2D eigenvalue weighted by molar-refractivity contribution is 9.10. The molecule has 160 valence electrons. The maximum absolute atomic E-state index is 12.7. The van der Waals surface area contributed by atoms with E-state index in [0.29, 0.717) is 31.0 Å². The van der Waals surface area contributed by atoms with Crippen LogP contribution >= 0.6 is 15.9 Å². The number of carbonyl (C=O) groups excluding carboxylic acids is 2. The predicted octanol–water partition coefficient (Wildman–Crippen LogP) is 2.13. The van der Waals surface area contributed by atoms with Crippen LogP contribution < -0.4 is 15.4 Å². The second kappa shape index (κ2) is 9.11. The number of sulfonamides is 1. The molecule has 1 unspecified atom stereocenters. The van der Waals surface area contributed by atoms with Crippen LogP contribution in [0.4, 0.5) is 11.5 Å². The molecule has 1 aromatic carbocycles. The highest BCUT2D eigenvalue weighted by Gasteiger charge is 2.29. The molecule has 0 spiro atoms. The second-order valence-corrected chi connectivity index (χ2v) is 9.33. The summed E-state index contributed by atoms with van der Waals surface area (Å²) in [5.74, 6) is -0.725. The van der Waals surface area contributed by atoms with Gasteiger partial charge in [-0.3, -0.25) is 4.79 Å². The molecule has 9 nitrogen and oxygen atoms in total. The highest BCUT2D eigenvalue weighted by Crippen LogP contribution is 2.29. The lowest BCUT2D eigenvalue weighted by Gasteiger charge is -2.34. The maximum atomic E-state index is 12.7. The summed E-state index contributed by atoms with van der Waals surface area (Å²) in [6.45, 7) is 0.972. The number of hydrogen-bond donors (Lipinski definition) is 2. The first-order valence-corrected chi connectivity index (χ1v) is 11.5. The van der Waals surface area contributed by atoms with Crippen molar-refractivity contribution >= 4 is 49.3 Å². The summed E-state index contributed by atoms with van der Waals surface area (Å²) in [6, 6.07) is 7.54. The fraction of sp³-hybridized carbons (Fsp3) is 0.316. The SMILES string of the molecule is COC(=O)c1cc(S(N)(=O)=O)ccc1N1CCCC(C(=O)Nc2ccc(Br)cn2)C1. The predicted molar refractivity (Wildman–Crippen MR) is 115 cm³/mol. The Morgan fingerprint density at radius 2 is 2.07 bits per heavy atom. The maximum Gasteiger partial charge on any atom is 0.340 e. The molecule has 0 aliphatic carbocycles. The molecule has 3 rings (SSSR count). The highest BCUT2D eigenvalue weighted by atomic mass is 79.9. The number of halogens is 1. The van der Waals surface area contributed by atoms with Crippen LogP contribution in [0.1, 0.15) is 23.2 Å². The number of rotatable bonds is 5. The van der Waals surface area contributed by atoms with Crippen LogP contribution in [0.5, 0.6) is 0 Å². The molecule has 1 saturated heterocycles. The average Bonchev–Trinajstić information content (AvgIpc) is 2.73. The first-order valence-electron chi connectivity index (χ1n) is 9.11. The van der Waals surface area contributed by atoms with Crippen molar-refractivity contribution in [1.29, 1.82) is 0 Å². The van der Waals surface area contributed by atoms with E-state index >= 15 is 0 Å². The molecule has 3 N–H and O–H groups in total. The molecule has 0 radical (unpaired) electrons. The Kier molecular flexibility index (Phi) is 6.74. The molecule has 30 heavy (non-hydrogen) atoms. The van der Waals surface area contributed by atoms with Crippen LogP contribution in [0.15, 0.2) is 45.9 Å². The Morgan fingerprint density at radius 3 is 2.70 bits per heavy atom. The van der Waals surface area contributed by atoms with E-state index in [1.807, 2.05) is 4.90 Å². The Balaban J connectivity index is 1.82. The zero-order valence-electron chi connectivity index (χ0n) is 16.2. The monoisotopic (exact) mass is 496 g/mol. The van der Waals surface area contributed by atoms with Crippen LogP contribution in [0.3, 0.4) is 0 Å². The van der Waals surface area contributed by atoms with Gasteiger partial charge in [0.05, 0.1) is 29.2 Å². The number of primary sulfonamides is 1. The molecule has 1 fully saturated rings. The number of nitrogens with two attached hydrogens (primary N) is 1. The molecule has 1 aliphatic heterocycles. The molecule has 11 heteroatoms. The number of anilines is 2. The zero-order chi connectivity index (χ0) is 21.9. The molecular formula is C19H21BrN4O5S. The van der Waals surface area contributed by atoms with Gasteiger partial charge in [-0.25, -0.2) is 23.3 Å². The number of esters is 1. The third-order valence-electron chi connectivity index (χ3n) is 4.81. The van der Waals surface area contributed by atoms with Crippen molar-refractivity contribution in [3.05, 3.63) is 46.6 Å². The van der Waals surface area contributed by atoms with Gasteiger partial charge >= 0.3 is 5.97 Å². The molecular weight excluding hydrogens is 476 g/mol. The fourth-order valence-corrected chi connectivity index (χ4v) is 4.10. The van der Waals surface area contributed by atoms with Crippen molar-refractivity contribution in [2.75, 3.05) is 30.4 Å².